The number of nitrogens with two attached hydrogens (primary N) is 1. The second-order valence-corrected chi connectivity index (χ2v) is 3.96. The lowest BCUT2D eigenvalue weighted by Crippen LogP contribution is -2.43. The van der Waals surface area contributed by atoms with E-state index in [4.69, 9.17) is 10.8 Å². The van der Waals surface area contributed by atoms with Crippen molar-refractivity contribution in [2.45, 2.75) is 12.5 Å². The van der Waals surface area contributed by atoms with Gasteiger partial charge in [-0.15, -0.1) is 0 Å². The van der Waals surface area contributed by atoms with Crippen LogP contribution in [0, 0.1) is 15.9 Å². The van der Waals surface area contributed by atoms with E-state index in [0.717, 1.165) is 12.1 Å². The lowest BCUT2D eigenvalue weighted by Gasteiger charge is -2.13. The zero-order valence-electron chi connectivity index (χ0n) is 10.4. The SMILES string of the molecule is NC(=O)C[C@@H](NC(=O)c1ccc([N+](=O)[O-])cc1F)C(=O)O. The summed E-state index contributed by atoms with van der Waals surface area (Å²) >= 11 is 0. The van der Waals surface area contributed by atoms with Gasteiger partial charge in [0.2, 0.25) is 5.91 Å². The Morgan fingerprint density at radius 3 is 2.48 bits per heavy atom. The first-order valence-electron chi connectivity index (χ1n) is 5.48. The number of amides is 2. The molecule has 112 valence electrons. The topological polar surface area (TPSA) is 153 Å². The Morgan fingerprint density at radius 2 is 2.05 bits per heavy atom. The minimum Gasteiger partial charge on any atom is -0.480 e. The number of nitrogens with zero attached hydrogens (tertiary/aromatic N) is 1. The number of rotatable bonds is 6. The standard InChI is InChI=1S/C11H10FN3O6/c12-7-3-5(15(20)21)1-2-6(7)10(17)14-8(11(18)19)4-9(13)16/h1-3,8H,4H2,(H2,13,16)(H,14,17)(H,18,19)/t8-/m1/s1. The predicted octanol–water partition coefficient (Wildman–Crippen LogP) is -0.208. The average Bonchev–Trinajstić information content (AvgIpc) is 2.36. The third kappa shape index (κ3) is 4.23. The van der Waals surface area contributed by atoms with Crippen molar-refractivity contribution in [1.82, 2.24) is 5.32 Å². The van der Waals surface area contributed by atoms with Gasteiger partial charge in [0.05, 0.1) is 23.0 Å². The Balaban J connectivity index is 2.95. The first-order chi connectivity index (χ1) is 9.72. The van der Waals surface area contributed by atoms with Crippen LogP contribution in [0.3, 0.4) is 0 Å². The molecule has 0 saturated carbocycles. The monoisotopic (exact) mass is 299 g/mol. The molecule has 21 heavy (non-hydrogen) atoms. The highest BCUT2D eigenvalue weighted by molar-refractivity contribution is 5.98. The zero-order valence-corrected chi connectivity index (χ0v) is 10.4. The highest BCUT2D eigenvalue weighted by Crippen LogP contribution is 2.16. The van der Waals surface area contributed by atoms with Crippen LogP contribution in [-0.2, 0) is 9.59 Å². The zero-order chi connectivity index (χ0) is 16.2. The number of nitro groups is 1. The summed E-state index contributed by atoms with van der Waals surface area (Å²) in [5, 5.41) is 21.1. The highest BCUT2D eigenvalue weighted by Gasteiger charge is 2.24. The van der Waals surface area contributed by atoms with E-state index >= 15 is 0 Å². The first kappa shape index (κ1) is 16.0. The van der Waals surface area contributed by atoms with Crippen LogP contribution in [0.15, 0.2) is 18.2 Å². The Morgan fingerprint density at radius 1 is 1.43 bits per heavy atom. The van der Waals surface area contributed by atoms with Gasteiger partial charge in [0.15, 0.2) is 0 Å². The lowest BCUT2D eigenvalue weighted by molar-refractivity contribution is -0.385. The van der Waals surface area contributed by atoms with E-state index < -0.39 is 52.2 Å². The van der Waals surface area contributed by atoms with Gasteiger partial charge in [-0.2, -0.15) is 0 Å². The summed E-state index contributed by atoms with van der Waals surface area (Å²) in [5.74, 6) is -4.81. The van der Waals surface area contributed by atoms with E-state index in [1.807, 2.05) is 5.32 Å². The van der Waals surface area contributed by atoms with Crippen LogP contribution in [0.25, 0.3) is 0 Å². The number of carboxylic acid groups (broad SMARTS) is 1. The first-order valence-corrected chi connectivity index (χ1v) is 5.48. The fraction of sp³-hybridized carbons (Fsp3) is 0.182. The van der Waals surface area contributed by atoms with Crippen LogP contribution in [0.2, 0.25) is 0 Å². The minimum atomic E-state index is -1.62. The minimum absolute atomic E-state index is 0.527. The van der Waals surface area contributed by atoms with Crippen molar-refractivity contribution in [1.29, 1.82) is 0 Å². The van der Waals surface area contributed by atoms with Gasteiger partial charge in [0, 0.05) is 6.07 Å². The molecule has 1 rings (SSSR count). The van der Waals surface area contributed by atoms with E-state index in [0.29, 0.717) is 6.07 Å². The second kappa shape index (κ2) is 6.41. The van der Waals surface area contributed by atoms with Gasteiger partial charge >= 0.3 is 5.97 Å². The molecule has 0 unspecified atom stereocenters. The number of benzene rings is 1. The molecule has 0 aliphatic rings. The molecule has 1 aromatic rings. The Kier molecular flexibility index (Phi) is 4.89. The molecule has 9 nitrogen and oxygen atoms in total. The van der Waals surface area contributed by atoms with Crippen LogP contribution in [0.5, 0.6) is 0 Å². The van der Waals surface area contributed by atoms with E-state index in [1.165, 1.54) is 0 Å². The van der Waals surface area contributed by atoms with Crippen molar-refractivity contribution in [3.8, 4) is 0 Å². The smallest absolute Gasteiger partial charge is 0.326 e. The number of primary amides is 1. The quantitative estimate of drug-likeness (QED) is 0.488. The van der Waals surface area contributed by atoms with Crippen molar-refractivity contribution in [3.63, 3.8) is 0 Å². The van der Waals surface area contributed by atoms with Gasteiger partial charge in [-0.3, -0.25) is 19.7 Å². The molecule has 1 aromatic carbocycles. The summed E-state index contributed by atoms with van der Waals surface area (Å²) in [7, 11) is 0. The average molecular weight is 299 g/mol. The summed E-state index contributed by atoms with van der Waals surface area (Å²) in [4.78, 5) is 42.8. The third-order valence-electron chi connectivity index (χ3n) is 2.42. The summed E-state index contributed by atoms with van der Waals surface area (Å²) in [6.45, 7) is 0. The molecule has 0 fully saturated rings. The lowest BCUT2D eigenvalue weighted by atomic mass is 10.1. The molecule has 0 spiro atoms. The Labute approximate surface area is 116 Å². The molecule has 0 aromatic heterocycles. The second-order valence-electron chi connectivity index (χ2n) is 3.96. The van der Waals surface area contributed by atoms with Gasteiger partial charge in [-0.1, -0.05) is 0 Å². The van der Waals surface area contributed by atoms with Crippen LogP contribution >= 0.6 is 0 Å². The van der Waals surface area contributed by atoms with Crippen molar-refractivity contribution >= 4 is 23.5 Å². The number of nitro benzene ring substituents is 1. The van der Waals surface area contributed by atoms with E-state index in [1.54, 1.807) is 0 Å². The molecule has 0 aliphatic heterocycles. The molecular formula is C11H10FN3O6. The van der Waals surface area contributed by atoms with Crippen LogP contribution in [0.1, 0.15) is 16.8 Å². The van der Waals surface area contributed by atoms with E-state index in [9.17, 15) is 28.9 Å². The summed E-state index contributed by atoms with van der Waals surface area (Å²) in [5.41, 5.74) is 3.68. The normalized spacial score (nSPS) is 11.5. The Bertz CT molecular complexity index is 618. The number of hydrogen-bond donors (Lipinski definition) is 3. The molecule has 0 bridgehead atoms. The fourth-order valence-electron chi connectivity index (χ4n) is 1.44. The van der Waals surface area contributed by atoms with Gasteiger partial charge < -0.3 is 16.2 Å². The number of carboxylic acids is 1. The number of aliphatic carboxylic acids is 1. The van der Waals surface area contributed by atoms with Crippen LogP contribution < -0.4 is 11.1 Å². The number of nitrogens with one attached hydrogen (secondary N) is 1. The largest absolute Gasteiger partial charge is 0.480 e. The fourth-order valence-corrected chi connectivity index (χ4v) is 1.44. The van der Waals surface area contributed by atoms with Gasteiger partial charge in [-0.25, -0.2) is 9.18 Å². The molecule has 4 N–H and O–H groups in total. The number of carbonyl (C=O) groups is 3. The molecule has 0 radical (unpaired) electrons. The maximum atomic E-state index is 13.6. The molecular weight excluding hydrogens is 289 g/mol. The van der Waals surface area contributed by atoms with Crippen molar-refractivity contribution in [2.24, 2.45) is 5.73 Å². The van der Waals surface area contributed by atoms with Gasteiger partial charge in [0.1, 0.15) is 11.9 Å². The maximum Gasteiger partial charge on any atom is 0.326 e. The Hall–Kier alpha value is -3.04. The summed E-state index contributed by atoms with van der Waals surface area (Å²) in [6, 6.07) is 0.636. The number of non-ortho nitro benzene ring substituents is 1. The maximum absolute atomic E-state index is 13.6. The molecule has 0 saturated heterocycles. The molecule has 0 heterocycles. The van der Waals surface area contributed by atoms with E-state index in [-0.39, 0.29) is 0 Å². The molecule has 10 heteroatoms. The van der Waals surface area contributed by atoms with Crippen LogP contribution in [0.4, 0.5) is 10.1 Å². The molecule has 1 atom stereocenters. The summed E-state index contributed by atoms with van der Waals surface area (Å²) < 4.78 is 13.6. The highest BCUT2D eigenvalue weighted by atomic mass is 19.1. The van der Waals surface area contributed by atoms with Crippen molar-refractivity contribution in [3.05, 3.63) is 39.7 Å². The van der Waals surface area contributed by atoms with Gasteiger partial charge in [-0.05, 0) is 6.07 Å². The number of carbonyl (C=O) groups excluding carboxylic acids is 2. The van der Waals surface area contributed by atoms with E-state index in [2.05, 4.69) is 0 Å². The van der Waals surface area contributed by atoms with Crippen molar-refractivity contribution in [2.75, 3.05) is 0 Å². The number of halogens is 1. The van der Waals surface area contributed by atoms with Gasteiger partial charge in [0.25, 0.3) is 11.6 Å². The summed E-state index contributed by atoms with van der Waals surface area (Å²) in [6.07, 6.45) is -0.671. The van der Waals surface area contributed by atoms with Crippen molar-refractivity contribution < 1.29 is 28.8 Å². The molecule has 0 aliphatic carbocycles. The van der Waals surface area contributed by atoms with Crippen LogP contribution in [-0.4, -0.2) is 33.9 Å². The third-order valence-corrected chi connectivity index (χ3v) is 2.42. The predicted molar refractivity (Wildman–Crippen MR) is 65.8 cm³/mol. The number of hydrogen-bond acceptors (Lipinski definition) is 5. The molecule has 2 amide bonds.